The van der Waals surface area contributed by atoms with E-state index in [1.54, 1.807) is 13.2 Å². The van der Waals surface area contributed by atoms with Gasteiger partial charge in [0.25, 0.3) is 0 Å². The molecule has 4 nitrogen and oxygen atoms in total. The maximum Gasteiger partial charge on any atom is 0.231 e. The molecule has 1 N–H and O–H groups in total. The fourth-order valence-electron chi connectivity index (χ4n) is 3.17. The summed E-state index contributed by atoms with van der Waals surface area (Å²) in [5.41, 5.74) is 2.89. The number of hydrogen-bond donors (Lipinski definition) is 1. The van der Waals surface area contributed by atoms with E-state index >= 15 is 0 Å². The smallest absolute Gasteiger partial charge is 0.231 e. The van der Waals surface area contributed by atoms with Gasteiger partial charge < -0.3 is 19.3 Å². The van der Waals surface area contributed by atoms with Crippen LogP contribution in [0.2, 0.25) is 0 Å². The number of methoxy groups -OCH3 is 1. The van der Waals surface area contributed by atoms with Gasteiger partial charge in [-0.25, -0.2) is 0 Å². The van der Waals surface area contributed by atoms with Gasteiger partial charge in [-0.05, 0) is 29.3 Å². The van der Waals surface area contributed by atoms with Crippen LogP contribution in [0.3, 0.4) is 0 Å². The zero-order chi connectivity index (χ0) is 18.6. The lowest BCUT2D eigenvalue weighted by molar-refractivity contribution is 0.174. The van der Waals surface area contributed by atoms with E-state index in [-0.39, 0.29) is 18.5 Å². The summed E-state index contributed by atoms with van der Waals surface area (Å²) < 4.78 is 16.1. The van der Waals surface area contributed by atoms with Crippen molar-refractivity contribution in [2.24, 2.45) is 0 Å². The lowest BCUT2D eigenvalue weighted by Gasteiger charge is -2.17. The van der Waals surface area contributed by atoms with Crippen molar-refractivity contribution >= 4 is 6.08 Å². The molecule has 1 atom stereocenters. The second-order valence-corrected chi connectivity index (χ2v) is 6.28. The summed E-state index contributed by atoms with van der Waals surface area (Å²) >= 11 is 0. The molecule has 0 aromatic heterocycles. The zero-order valence-corrected chi connectivity index (χ0v) is 15.0. The van der Waals surface area contributed by atoms with Gasteiger partial charge in [-0.15, -0.1) is 0 Å². The summed E-state index contributed by atoms with van der Waals surface area (Å²) in [6.45, 7) is 0.172. The molecular formula is C23H20O4. The van der Waals surface area contributed by atoms with Crippen LogP contribution in [0.4, 0.5) is 0 Å². The van der Waals surface area contributed by atoms with Crippen LogP contribution in [0.5, 0.6) is 23.0 Å². The second-order valence-electron chi connectivity index (χ2n) is 6.28. The minimum absolute atomic E-state index is 0.148. The molecule has 0 aliphatic carbocycles. The zero-order valence-electron chi connectivity index (χ0n) is 15.0. The molecule has 4 rings (SSSR count). The molecule has 0 radical (unpaired) electrons. The lowest BCUT2D eigenvalue weighted by atomic mass is 9.89. The number of aromatic hydroxyl groups is 1. The van der Waals surface area contributed by atoms with Gasteiger partial charge in [-0.3, -0.25) is 0 Å². The van der Waals surface area contributed by atoms with E-state index in [1.807, 2.05) is 60.7 Å². The molecule has 27 heavy (non-hydrogen) atoms. The number of fused-ring (bicyclic) bond motifs is 1. The van der Waals surface area contributed by atoms with Crippen molar-refractivity contribution in [3.05, 3.63) is 89.5 Å². The molecule has 136 valence electrons. The van der Waals surface area contributed by atoms with Crippen LogP contribution in [0.15, 0.2) is 72.8 Å². The predicted molar refractivity (Wildman–Crippen MR) is 105 cm³/mol. The van der Waals surface area contributed by atoms with E-state index < -0.39 is 0 Å². The Labute approximate surface area is 158 Å². The fraction of sp³-hybridized carbons (Fsp3) is 0.130. The number of allylic oxidation sites excluding steroid dienone is 1. The van der Waals surface area contributed by atoms with Crippen molar-refractivity contribution in [3.8, 4) is 23.0 Å². The molecule has 1 heterocycles. The fourth-order valence-corrected chi connectivity index (χ4v) is 3.17. The normalized spacial score (nSPS) is 13.7. The van der Waals surface area contributed by atoms with Crippen molar-refractivity contribution in [3.63, 3.8) is 0 Å². The minimum atomic E-state index is -0.148. The SMILES string of the molecule is COc1ccc(C(/C=C/c2ccccc2)c2cc3c(cc2O)OCO3)cc1. The van der Waals surface area contributed by atoms with E-state index in [4.69, 9.17) is 14.2 Å². The second kappa shape index (κ2) is 7.46. The number of phenolic OH excluding ortho intramolecular Hbond substituents is 1. The van der Waals surface area contributed by atoms with E-state index in [0.29, 0.717) is 11.5 Å². The molecule has 3 aromatic carbocycles. The Balaban J connectivity index is 1.77. The first-order valence-electron chi connectivity index (χ1n) is 8.74. The summed E-state index contributed by atoms with van der Waals surface area (Å²) in [6, 6.07) is 21.4. The molecule has 1 aliphatic heterocycles. The summed E-state index contributed by atoms with van der Waals surface area (Å²) in [4.78, 5) is 0. The van der Waals surface area contributed by atoms with Gasteiger partial charge in [-0.2, -0.15) is 0 Å². The molecule has 0 bridgehead atoms. The molecule has 0 spiro atoms. The maximum atomic E-state index is 10.6. The van der Waals surface area contributed by atoms with Crippen molar-refractivity contribution in [2.45, 2.75) is 5.92 Å². The molecule has 0 saturated heterocycles. The predicted octanol–water partition coefficient (Wildman–Crippen LogP) is 4.97. The van der Waals surface area contributed by atoms with Crippen LogP contribution in [0.25, 0.3) is 6.08 Å². The first-order valence-corrected chi connectivity index (χ1v) is 8.74. The highest BCUT2D eigenvalue weighted by atomic mass is 16.7. The van der Waals surface area contributed by atoms with Crippen LogP contribution in [-0.4, -0.2) is 19.0 Å². The number of ether oxygens (including phenoxy) is 3. The third kappa shape index (κ3) is 3.60. The van der Waals surface area contributed by atoms with Gasteiger partial charge in [0.05, 0.1) is 7.11 Å². The van der Waals surface area contributed by atoms with E-state index in [2.05, 4.69) is 12.2 Å². The monoisotopic (exact) mass is 360 g/mol. The van der Waals surface area contributed by atoms with Crippen molar-refractivity contribution in [1.29, 1.82) is 0 Å². The highest BCUT2D eigenvalue weighted by Gasteiger charge is 2.22. The van der Waals surface area contributed by atoms with Crippen molar-refractivity contribution in [1.82, 2.24) is 0 Å². The van der Waals surface area contributed by atoms with Gasteiger partial charge in [0.15, 0.2) is 11.5 Å². The molecular weight excluding hydrogens is 340 g/mol. The van der Waals surface area contributed by atoms with E-state index in [0.717, 1.165) is 22.4 Å². The van der Waals surface area contributed by atoms with Gasteiger partial charge in [0.1, 0.15) is 11.5 Å². The third-order valence-corrected chi connectivity index (χ3v) is 4.61. The third-order valence-electron chi connectivity index (χ3n) is 4.61. The van der Waals surface area contributed by atoms with Crippen LogP contribution in [-0.2, 0) is 0 Å². The Morgan fingerprint density at radius 1 is 0.963 bits per heavy atom. The average Bonchev–Trinajstić information content (AvgIpc) is 3.16. The number of hydrogen-bond acceptors (Lipinski definition) is 4. The van der Waals surface area contributed by atoms with E-state index in [9.17, 15) is 5.11 Å². The molecule has 0 amide bonds. The Morgan fingerprint density at radius 3 is 2.37 bits per heavy atom. The molecule has 0 saturated carbocycles. The quantitative estimate of drug-likeness (QED) is 0.697. The van der Waals surface area contributed by atoms with Crippen molar-refractivity contribution < 1.29 is 19.3 Å². The Hall–Kier alpha value is -3.40. The molecule has 0 fully saturated rings. The van der Waals surface area contributed by atoms with Crippen LogP contribution in [0, 0.1) is 0 Å². The number of benzene rings is 3. The Kier molecular flexibility index (Phi) is 4.71. The first-order chi connectivity index (χ1) is 13.2. The van der Waals surface area contributed by atoms with Crippen LogP contribution < -0.4 is 14.2 Å². The first kappa shape index (κ1) is 17.0. The molecule has 3 aromatic rings. The number of rotatable bonds is 5. The average molecular weight is 360 g/mol. The van der Waals surface area contributed by atoms with Gasteiger partial charge in [-0.1, -0.05) is 54.6 Å². The van der Waals surface area contributed by atoms with Gasteiger partial charge in [0.2, 0.25) is 6.79 Å². The topological polar surface area (TPSA) is 47.9 Å². The maximum absolute atomic E-state index is 10.6. The standard InChI is InChI=1S/C23H20O4/c1-25-18-10-8-17(9-11-18)19(12-7-16-5-3-2-4-6-16)20-13-22-23(14-21(20)24)27-15-26-22/h2-14,19,24H,15H2,1H3/b12-7+. The van der Waals surface area contributed by atoms with Crippen LogP contribution in [0.1, 0.15) is 22.6 Å². The Bertz CT molecular complexity index is 946. The summed E-state index contributed by atoms with van der Waals surface area (Å²) in [5.74, 6) is 2.04. The van der Waals surface area contributed by atoms with Crippen LogP contribution >= 0.6 is 0 Å². The summed E-state index contributed by atoms with van der Waals surface area (Å²) in [7, 11) is 1.64. The molecule has 4 heteroatoms. The summed E-state index contributed by atoms with van der Waals surface area (Å²) in [5, 5.41) is 10.6. The minimum Gasteiger partial charge on any atom is -0.507 e. The summed E-state index contributed by atoms with van der Waals surface area (Å²) in [6.07, 6.45) is 4.13. The van der Waals surface area contributed by atoms with Crippen molar-refractivity contribution in [2.75, 3.05) is 13.9 Å². The number of phenols is 1. The molecule has 1 unspecified atom stereocenters. The van der Waals surface area contributed by atoms with Gasteiger partial charge in [0, 0.05) is 17.5 Å². The Morgan fingerprint density at radius 2 is 1.67 bits per heavy atom. The highest BCUT2D eigenvalue weighted by molar-refractivity contribution is 5.59. The van der Waals surface area contributed by atoms with E-state index in [1.165, 1.54) is 0 Å². The largest absolute Gasteiger partial charge is 0.507 e. The lowest BCUT2D eigenvalue weighted by Crippen LogP contribution is -1.99. The van der Waals surface area contributed by atoms with Gasteiger partial charge >= 0.3 is 0 Å². The molecule has 1 aliphatic rings. The highest BCUT2D eigenvalue weighted by Crippen LogP contribution is 2.42.